The van der Waals surface area contributed by atoms with Crippen molar-refractivity contribution in [3.8, 4) is 28.6 Å². The fourth-order valence-corrected chi connectivity index (χ4v) is 13.4. The van der Waals surface area contributed by atoms with Gasteiger partial charge in [-0.2, -0.15) is 13.7 Å². The number of carboxylic acid groups (broad SMARTS) is 2. The number of rotatable bonds is 14. The molecule has 3 aromatic heterocycles. The molecular weight excluding hydrogens is 1050 g/mol. The van der Waals surface area contributed by atoms with Gasteiger partial charge in [0.15, 0.2) is 59.7 Å². The zero-order valence-corrected chi connectivity index (χ0v) is 50.4. The lowest BCUT2D eigenvalue weighted by atomic mass is 9.82. The maximum atomic E-state index is 15.5. The predicted molar refractivity (Wildman–Crippen MR) is 332 cm³/mol. The quantitative estimate of drug-likeness (QED) is 0.102. The average Bonchev–Trinajstić information content (AvgIpc) is 1.42. The highest BCUT2D eigenvalue weighted by Gasteiger charge is 2.46. The minimum Gasteiger partial charge on any atom is -0.478 e. The fourth-order valence-electron chi connectivity index (χ4n) is 12.3. The van der Waals surface area contributed by atoms with E-state index < -0.39 is 17.5 Å². The first-order chi connectivity index (χ1) is 39.5. The number of fused-ring (bicyclic) bond motifs is 4. The molecule has 14 heteroatoms. The van der Waals surface area contributed by atoms with Crippen LogP contribution < -0.4 is 53.2 Å². The van der Waals surface area contributed by atoms with E-state index in [1.807, 2.05) is 131 Å². The van der Waals surface area contributed by atoms with E-state index in [2.05, 4.69) is 150 Å². The van der Waals surface area contributed by atoms with Gasteiger partial charge in [0.25, 0.3) is 5.69 Å². The van der Waals surface area contributed by atoms with Crippen LogP contribution in [0.3, 0.4) is 0 Å². The molecule has 0 amide bonds. The first kappa shape index (κ1) is 55.9. The van der Waals surface area contributed by atoms with Crippen molar-refractivity contribution >= 4 is 63.2 Å². The van der Waals surface area contributed by atoms with Crippen molar-refractivity contribution in [1.82, 2.24) is 4.58 Å². The van der Waals surface area contributed by atoms with Crippen LogP contribution in [0, 0.1) is 0 Å². The lowest BCUT2D eigenvalue weighted by molar-refractivity contribution is -0.637. The summed E-state index contributed by atoms with van der Waals surface area (Å²) in [5.74, 6) is -0.914. The molecule has 83 heavy (non-hydrogen) atoms. The molecule has 3 aliphatic rings. The van der Waals surface area contributed by atoms with E-state index in [0.29, 0.717) is 46.2 Å². The molecule has 2 N–H and O–H groups in total. The molecule has 0 radical (unpaired) electrons. The number of aromatic nitrogens is 3. The summed E-state index contributed by atoms with van der Waals surface area (Å²) in [4.78, 5) is 37.8. The summed E-state index contributed by atoms with van der Waals surface area (Å²) in [5.41, 5.74) is 12.4. The number of anilines is 4. The standard InChI is InChI=1S/C69H70N8O5S/c1-14-76-55-38-57-53(36-51(55)43(2)40-68(76,4)5)59(54-37-52-44(3)41-69(6,7)77(56(52)39-58(54)82-57)42-45-20-22-46(23-21-45)66(78)79)60-61(67(80)81)62(73-30-24-47(25-31-73)70(8)9)64(75-34-28-49(29-35-75)72(12)13)65(83-50-18-16-15-17-19-50)63(60)74-32-26-48(27-33-74)71(10)11/h15-41H,14,42H2,1-13H3/q+2/p+2. The van der Waals surface area contributed by atoms with E-state index in [4.69, 9.17) is 4.74 Å². The van der Waals surface area contributed by atoms with Gasteiger partial charge in [0.05, 0.1) is 22.7 Å². The number of aromatic carboxylic acids is 2. The van der Waals surface area contributed by atoms with E-state index >= 15 is 4.79 Å². The third kappa shape index (κ3) is 10.1. The summed E-state index contributed by atoms with van der Waals surface area (Å²) >= 11 is 1.60. The molecule has 3 aliphatic heterocycles. The van der Waals surface area contributed by atoms with E-state index in [1.54, 1.807) is 23.9 Å². The number of carboxylic acids is 2. The molecule has 0 bridgehead atoms. The number of hydrogen-bond donors (Lipinski definition) is 2. The molecule has 420 valence electrons. The van der Waals surface area contributed by atoms with Crippen molar-refractivity contribution in [2.24, 2.45) is 0 Å². The molecule has 0 atom stereocenters. The highest BCUT2D eigenvalue weighted by Crippen LogP contribution is 2.50. The van der Waals surface area contributed by atoms with Crippen molar-refractivity contribution in [2.75, 3.05) is 68.4 Å². The Balaban J connectivity index is 1.39. The van der Waals surface area contributed by atoms with Crippen molar-refractivity contribution in [1.29, 1.82) is 0 Å². The van der Waals surface area contributed by atoms with Crippen molar-refractivity contribution in [2.45, 2.75) is 75.9 Å². The molecule has 13 nitrogen and oxygen atoms in total. The minimum absolute atomic E-state index is 0.0936. The van der Waals surface area contributed by atoms with Crippen LogP contribution in [0.5, 0.6) is 11.5 Å². The number of benzene rings is 5. The van der Waals surface area contributed by atoms with Gasteiger partial charge in [0.1, 0.15) is 11.5 Å². The lowest BCUT2D eigenvalue weighted by Gasteiger charge is -2.43. The van der Waals surface area contributed by atoms with Crippen LogP contribution in [0.2, 0.25) is 0 Å². The first-order valence-corrected chi connectivity index (χ1v) is 28.8. The van der Waals surface area contributed by atoms with Crippen LogP contribution in [0.4, 0.5) is 22.7 Å². The Kier molecular flexibility index (Phi) is 14.4. The number of likely N-dealkylation sites (N-methyl/N-ethyl adjacent to an activating group) is 1. The molecular formula is C69H72N8O5S+4. The fraction of sp³-hybridized carbons (Fsp3) is 0.246. The molecule has 0 spiro atoms. The molecule has 0 unspecified atom stereocenters. The Morgan fingerprint density at radius 3 is 1.67 bits per heavy atom. The second-order valence-electron chi connectivity index (χ2n) is 23.4. The second-order valence-corrected chi connectivity index (χ2v) is 24.5. The number of nitrogens with zero attached hydrogens (tertiary/aromatic N) is 8. The van der Waals surface area contributed by atoms with Gasteiger partial charge < -0.3 is 34.5 Å². The van der Waals surface area contributed by atoms with Gasteiger partial charge >= 0.3 is 17.6 Å². The van der Waals surface area contributed by atoms with Gasteiger partial charge in [-0.3, -0.25) is 0 Å². The van der Waals surface area contributed by atoms with Crippen LogP contribution in [-0.2, 0) is 6.54 Å². The summed E-state index contributed by atoms with van der Waals surface area (Å²) in [5, 5.41) is 24.1. The van der Waals surface area contributed by atoms with Crippen LogP contribution in [0.15, 0.2) is 174 Å². The van der Waals surface area contributed by atoms with Gasteiger partial charge in [-0.1, -0.05) is 48.2 Å². The Bertz CT molecular complexity index is 4130. The number of ether oxygens (including phenoxy) is 1. The van der Waals surface area contributed by atoms with E-state index in [0.717, 1.165) is 83.1 Å². The van der Waals surface area contributed by atoms with Gasteiger partial charge in [-0.15, -0.1) is 0 Å². The highest BCUT2D eigenvalue weighted by molar-refractivity contribution is 7.99. The Morgan fingerprint density at radius 2 is 1.14 bits per heavy atom. The van der Waals surface area contributed by atoms with E-state index in [1.165, 1.54) is 0 Å². The van der Waals surface area contributed by atoms with Gasteiger partial charge in [0, 0.05) is 166 Å². The van der Waals surface area contributed by atoms with Crippen LogP contribution in [-0.4, -0.2) is 82.1 Å². The molecule has 0 saturated carbocycles. The number of carbonyl (C=O) groups is 2. The summed E-state index contributed by atoms with van der Waals surface area (Å²) < 4.78 is 15.9. The Hall–Kier alpha value is -9.01. The van der Waals surface area contributed by atoms with Crippen LogP contribution in [0.25, 0.3) is 33.8 Å². The molecule has 0 fully saturated rings. The summed E-state index contributed by atoms with van der Waals surface area (Å²) in [7, 11) is 12.1. The molecule has 0 aliphatic carbocycles. The second kappa shape index (κ2) is 21.4. The van der Waals surface area contributed by atoms with E-state index in [9.17, 15) is 15.0 Å². The number of pyridine rings is 3. The molecule has 5 aromatic carbocycles. The topological polar surface area (TPSA) is 111 Å². The normalized spacial score (nSPS) is 14.5. The Labute approximate surface area is 490 Å². The predicted octanol–water partition coefficient (Wildman–Crippen LogP) is 10.5. The third-order valence-electron chi connectivity index (χ3n) is 16.3. The van der Waals surface area contributed by atoms with Crippen LogP contribution in [0.1, 0.15) is 97.0 Å². The highest BCUT2D eigenvalue weighted by atomic mass is 32.2. The van der Waals surface area contributed by atoms with E-state index in [-0.39, 0.29) is 16.7 Å². The maximum Gasteiger partial charge on any atom is 0.343 e. The molecule has 8 aromatic rings. The zero-order chi connectivity index (χ0) is 59.0. The van der Waals surface area contributed by atoms with Crippen molar-refractivity contribution in [3.05, 3.63) is 214 Å². The smallest absolute Gasteiger partial charge is 0.343 e. The number of hydrogen-bond acceptors (Lipinski definition) is 8. The Morgan fingerprint density at radius 1 is 0.602 bits per heavy atom. The molecule has 11 rings (SSSR count). The molecule has 6 heterocycles. The largest absolute Gasteiger partial charge is 0.478 e. The SMILES string of the molecule is CCN1c2cc3c(cc2C(C)=CC1(C)C)C(c1c(C(=O)O)c(-[n+]2ccc(N(C)C)cc2)c(-[n+]2ccc(N(C)C)cc2)c(Sc2ccccc2)c1-[n+]1ccc(N(C)C)cc1)=c1cc2c(cc1O3)=[N+](Cc1ccc(C(=O)O)cc1)C(C)(C)C=C2C. The minimum atomic E-state index is -1.11. The zero-order valence-electron chi connectivity index (χ0n) is 49.6. The number of allylic oxidation sites excluding steroid dienone is 2. The van der Waals surface area contributed by atoms with Gasteiger partial charge in [0.2, 0.25) is 11.0 Å². The summed E-state index contributed by atoms with van der Waals surface area (Å²) in [6.45, 7) is 16.5. The van der Waals surface area contributed by atoms with Gasteiger partial charge in [-0.05, 0) is 88.2 Å². The van der Waals surface area contributed by atoms with Gasteiger partial charge in [-0.25, -0.2) is 14.2 Å². The summed E-state index contributed by atoms with van der Waals surface area (Å²) in [6, 6.07) is 38.4. The summed E-state index contributed by atoms with van der Waals surface area (Å²) in [6.07, 6.45) is 16.7. The van der Waals surface area contributed by atoms with Crippen LogP contribution >= 0.6 is 11.8 Å². The first-order valence-electron chi connectivity index (χ1n) is 28.0. The van der Waals surface area contributed by atoms with Crippen molar-refractivity contribution in [3.63, 3.8) is 0 Å². The molecule has 0 saturated heterocycles. The average molecular weight is 1130 g/mol. The maximum absolute atomic E-state index is 15.5. The third-order valence-corrected chi connectivity index (χ3v) is 17.4. The van der Waals surface area contributed by atoms with Crippen molar-refractivity contribution < 1.29 is 38.2 Å². The monoisotopic (exact) mass is 1120 g/mol. The lowest BCUT2D eigenvalue weighted by Crippen LogP contribution is -2.49.